The van der Waals surface area contributed by atoms with Crippen molar-refractivity contribution in [2.75, 3.05) is 19.5 Å². The lowest BCUT2D eigenvalue weighted by Crippen LogP contribution is -1.98. The van der Waals surface area contributed by atoms with Crippen molar-refractivity contribution in [2.24, 2.45) is 0 Å². The van der Waals surface area contributed by atoms with Crippen molar-refractivity contribution in [2.45, 2.75) is 0 Å². The predicted octanol–water partition coefficient (Wildman–Crippen LogP) is 3.97. The molecular formula is C20H17N5O3. The van der Waals surface area contributed by atoms with Gasteiger partial charge in [0.05, 0.1) is 19.7 Å². The number of anilines is 2. The summed E-state index contributed by atoms with van der Waals surface area (Å²) < 4.78 is 16.4. The van der Waals surface area contributed by atoms with Crippen molar-refractivity contribution in [1.29, 1.82) is 0 Å². The SMILES string of the molecule is COc1cc2ncnc(Nc3ccc(Oc4ccncn4)cc3)c2cc1OC. The molecule has 0 unspecified atom stereocenters. The van der Waals surface area contributed by atoms with Gasteiger partial charge in [-0.2, -0.15) is 0 Å². The van der Waals surface area contributed by atoms with Gasteiger partial charge in [-0.3, -0.25) is 0 Å². The number of fused-ring (bicyclic) bond motifs is 1. The Kier molecular flexibility index (Phi) is 4.83. The van der Waals surface area contributed by atoms with Gasteiger partial charge in [-0.1, -0.05) is 0 Å². The third-order valence-electron chi connectivity index (χ3n) is 4.03. The molecule has 140 valence electrons. The Hall–Kier alpha value is -3.94. The molecule has 2 heterocycles. The number of rotatable bonds is 6. The fourth-order valence-corrected chi connectivity index (χ4v) is 2.69. The number of hydrogen-bond acceptors (Lipinski definition) is 8. The Labute approximate surface area is 161 Å². The average Bonchev–Trinajstić information content (AvgIpc) is 2.75. The Morgan fingerprint density at radius 1 is 0.821 bits per heavy atom. The minimum atomic E-state index is 0.485. The van der Waals surface area contributed by atoms with Gasteiger partial charge in [-0.15, -0.1) is 0 Å². The zero-order valence-electron chi connectivity index (χ0n) is 15.3. The summed E-state index contributed by atoms with van der Waals surface area (Å²) in [6.07, 6.45) is 4.57. The van der Waals surface area contributed by atoms with Crippen LogP contribution in [0.2, 0.25) is 0 Å². The number of benzene rings is 2. The van der Waals surface area contributed by atoms with Crippen molar-refractivity contribution >= 4 is 22.4 Å². The summed E-state index contributed by atoms with van der Waals surface area (Å²) in [6, 6.07) is 12.8. The summed E-state index contributed by atoms with van der Waals surface area (Å²) in [6.45, 7) is 0. The van der Waals surface area contributed by atoms with Crippen LogP contribution in [0, 0.1) is 0 Å². The first-order valence-corrected chi connectivity index (χ1v) is 8.44. The summed E-state index contributed by atoms with van der Waals surface area (Å²) >= 11 is 0. The first-order chi connectivity index (χ1) is 13.8. The van der Waals surface area contributed by atoms with Crippen LogP contribution in [0.15, 0.2) is 61.3 Å². The Bertz CT molecular complexity index is 1090. The third kappa shape index (κ3) is 3.61. The molecule has 28 heavy (non-hydrogen) atoms. The van der Waals surface area contributed by atoms with Crippen LogP contribution in [0.4, 0.5) is 11.5 Å². The van der Waals surface area contributed by atoms with Crippen LogP contribution in [-0.2, 0) is 0 Å². The number of nitrogens with one attached hydrogen (secondary N) is 1. The van der Waals surface area contributed by atoms with Gasteiger partial charge in [0.2, 0.25) is 5.88 Å². The van der Waals surface area contributed by atoms with E-state index < -0.39 is 0 Å². The lowest BCUT2D eigenvalue weighted by molar-refractivity contribution is 0.356. The Balaban J connectivity index is 1.59. The highest BCUT2D eigenvalue weighted by Gasteiger charge is 2.11. The van der Waals surface area contributed by atoms with Crippen molar-refractivity contribution in [3.05, 3.63) is 61.3 Å². The molecular weight excluding hydrogens is 358 g/mol. The van der Waals surface area contributed by atoms with Crippen LogP contribution < -0.4 is 19.5 Å². The molecule has 4 rings (SSSR count). The van der Waals surface area contributed by atoms with Gasteiger partial charge in [0, 0.05) is 29.4 Å². The second kappa shape index (κ2) is 7.75. The largest absolute Gasteiger partial charge is 0.493 e. The van der Waals surface area contributed by atoms with E-state index in [1.54, 1.807) is 26.5 Å². The zero-order valence-corrected chi connectivity index (χ0v) is 15.3. The fraction of sp³-hybridized carbons (Fsp3) is 0.100. The minimum Gasteiger partial charge on any atom is -0.493 e. The Morgan fingerprint density at radius 2 is 1.61 bits per heavy atom. The second-order valence-corrected chi connectivity index (χ2v) is 5.75. The van der Waals surface area contributed by atoms with Gasteiger partial charge >= 0.3 is 0 Å². The second-order valence-electron chi connectivity index (χ2n) is 5.75. The molecule has 8 heteroatoms. The standard InChI is InChI=1S/C20H17N5O3/c1-26-17-9-15-16(10-18(17)27-2)22-12-24-20(15)25-13-3-5-14(6-4-13)28-19-7-8-21-11-23-19/h3-12H,1-2H3,(H,22,24,25). The zero-order chi connectivity index (χ0) is 19.3. The number of hydrogen-bond donors (Lipinski definition) is 1. The first-order valence-electron chi connectivity index (χ1n) is 8.44. The highest BCUT2D eigenvalue weighted by atomic mass is 16.5. The van der Waals surface area contributed by atoms with E-state index >= 15 is 0 Å². The molecule has 1 N–H and O–H groups in total. The highest BCUT2D eigenvalue weighted by Crippen LogP contribution is 2.34. The first kappa shape index (κ1) is 17.5. The van der Waals surface area contributed by atoms with Crippen LogP contribution in [0.1, 0.15) is 0 Å². The molecule has 0 fully saturated rings. The van der Waals surface area contributed by atoms with Gasteiger partial charge in [0.25, 0.3) is 0 Å². The van der Waals surface area contributed by atoms with Crippen molar-refractivity contribution < 1.29 is 14.2 Å². The van der Waals surface area contributed by atoms with Gasteiger partial charge in [-0.25, -0.2) is 19.9 Å². The number of methoxy groups -OCH3 is 2. The van der Waals surface area contributed by atoms with E-state index in [1.807, 2.05) is 36.4 Å². The molecule has 4 aromatic rings. The van der Waals surface area contributed by atoms with E-state index in [2.05, 4.69) is 25.3 Å². The molecule has 0 radical (unpaired) electrons. The van der Waals surface area contributed by atoms with Crippen LogP contribution in [0.5, 0.6) is 23.1 Å². The van der Waals surface area contributed by atoms with Crippen LogP contribution in [0.25, 0.3) is 10.9 Å². The topological polar surface area (TPSA) is 91.3 Å². The predicted molar refractivity (Wildman–Crippen MR) is 104 cm³/mol. The van der Waals surface area contributed by atoms with Gasteiger partial charge in [-0.05, 0) is 30.3 Å². The third-order valence-corrected chi connectivity index (χ3v) is 4.03. The molecule has 0 bridgehead atoms. The lowest BCUT2D eigenvalue weighted by atomic mass is 10.2. The van der Waals surface area contributed by atoms with E-state index in [-0.39, 0.29) is 0 Å². The van der Waals surface area contributed by atoms with E-state index in [9.17, 15) is 0 Å². The summed E-state index contributed by atoms with van der Waals surface area (Å²) in [5, 5.41) is 4.12. The lowest BCUT2D eigenvalue weighted by Gasteiger charge is -2.12. The van der Waals surface area contributed by atoms with Crippen molar-refractivity contribution in [3.63, 3.8) is 0 Å². The summed E-state index contributed by atoms with van der Waals surface area (Å²) in [5.74, 6) is 3.05. The maximum absolute atomic E-state index is 5.67. The molecule has 0 spiro atoms. The minimum absolute atomic E-state index is 0.485. The van der Waals surface area contributed by atoms with Gasteiger partial charge < -0.3 is 19.5 Å². The van der Waals surface area contributed by atoms with Crippen molar-refractivity contribution in [1.82, 2.24) is 19.9 Å². The quantitative estimate of drug-likeness (QED) is 0.541. The molecule has 0 amide bonds. The van der Waals surface area contributed by atoms with Gasteiger partial charge in [0.1, 0.15) is 24.2 Å². The molecule has 0 atom stereocenters. The van der Waals surface area contributed by atoms with E-state index in [0.29, 0.717) is 28.9 Å². The molecule has 2 aromatic carbocycles. The fourth-order valence-electron chi connectivity index (χ4n) is 2.69. The normalized spacial score (nSPS) is 10.5. The smallest absolute Gasteiger partial charge is 0.222 e. The highest BCUT2D eigenvalue weighted by molar-refractivity contribution is 5.93. The molecule has 8 nitrogen and oxygen atoms in total. The van der Waals surface area contributed by atoms with Crippen molar-refractivity contribution in [3.8, 4) is 23.1 Å². The van der Waals surface area contributed by atoms with Crippen LogP contribution >= 0.6 is 0 Å². The molecule has 0 aliphatic rings. The maximum atomic E-state index is 5.67. The van der Waals surface area contributed by atoms with E-state index in [4.69, 9.17) is 14.2 Å². The summed E-state index contributed by atoms with van der Waals surface area (Å²) in [5.41, 5.74) is 1.60. The molecule has 0 saturated heterocycles. The maximum Gasteiger partial charge on any atom is 0.222 e. The molecule has 0 aliphatic heterocycles. The number of ether oxygens (including phenoxy) is 3. The monoisotopic (exact) mass is 375 g/mol. The van der Waals surface area contributed by atoms with Crippen LogP contribution in [-0.4, -0.2) is 34.2 Å². The van der Waals surface area contributed by atoms with Crippen LogP contribution in [0.3, 0.4) is 0 Å². The van der Waals surface area contributed by atoms with E-state index in [1.165, 1.54) is 12.7 Å². The van der Waals surface area contributed by atoms with Gasteiger partial charge in [0.15, 0.2) is 11.5 Å². The average molecular weight is 375 g/mol. The van der Waals surface area contributed by atoms with E-state index in [0.717, 1.165) is 16.6 Å². The summed E-state index contributed by atoms with van der Waals surface area (Å²) in [4.78, 5) is 16.6. The number of aromatic nitrogens is 4. The Morgan fingerprint density at radius 3 is 2.32 bits per heavy atom. The number of nitrogens with zero attached hydrogens (tertiary/aromatic N) is 4. The molecule has 0 aliphatic carbocycles. The molecule has 0 saturated carbocycles. The summed E-state index contributed by atoms with van der Waals surface area (Å²) in [7, 11) is 3.19. The molecule has 2 aromatic heterocycles.